The van der Waals surface area contributed by atoms with E-state index in [2.05, 4.69) is 22.5 Å². The highest BCUT2D eigenvalue weighted by atomic mass is 19.1. The zero-order chi connectivity index (χ0) is 29.9. The summed E-state index contributed by atoms with van der Waals surface area (Å²) in [5.41, 5.74) is 0.0682. The summed E-state index contributed by atoms with van der Waals surface area (Å²) in [5.74, 6) is -0.101. The minimum atomic E-state index is -0.525. The first-order valence-electron chi connectivity index (χ1n) is 15.6. The maximum atomic E-state index is 14.0. The Morgan fingerprint density at radius 3 is 2.24 bits per heavy atom. The van der Waals surface area contributed by atoms with Crippen molar-refractivity contribution < 1.29 is 23.6 Å². The maximum Gasteiger partial charge on any atom is 0.256 e. The Bertz CT molecular complexity index is 1050. The van der Waals surface area contributed by atoms with Gasteiger partial charge in [0.1, 0.15) is 11.9 Å². The quantitative estimate of drug-likeness (QED) is 0.285. The summed E-state index contributed by atoms with van der Waals surface area (Å²) < 4.78 is 14.0. The van der Waals surface area contributed by atoms with E-state index in [1.807, 2.05) is 4.90 Å². The lowest BCUT2D eigenvalue weighted by molar-refractivity contribution is -0.138. The zero-order valence-corrected chi connectivity index (χ0v) is 24.9. The topological polar surface area (TPSA) is 105 Å². The molecule has 42 heavy (non-hydrogen) atoms. The molecule has 232 valence electrons. The van der Waals surface area contributed by atoms with Crippen LogP contribution in [0.15, 0.2) is 24.3 Å². The third-order valence-corrected chi connectivity index (χ3v) is 9.00. The van der Waals surface area contributed by atoms with Gasteiger partial charge in [-0.05, 0) is 49.8 Å². The van der Waals surface area contributed by atoms with E-state index in [9.17, 15) is 23.6 Å². The van der Waals surface area contributed by atoms with Gasteiger partial charge in [0, 0.05) is 58.9 Å². The van der Waals surface area contributed by atoms with E-state index >= 15 is 0 Å². The van der Waals surface area contributed by atoms with Gasteiger partial charge >= 0.3 is 0 Å². The second kappa shape index (κ2) is 16.0. The van der Waals surface area contributed by atoms with Gasteiger partial charge in [-0.3, -0.25) is 24.1 Å². The van der Waals surface area contributed by atoms with E-state index < -0.39 is 11.9 Å². The summed E-state index contributed by atoms with van der Waals surface area (Å²) in [6.07, 6.45) is 7.08. The molecule has 3 fully saturated rings. The summed E-state index contributed by atoms with van der Waals surface area (Å²) in [4.78, 5) is 57.3. The average molecular weight is 587 g/mol. The molecule has 2 unspecified atom stereocenters. The van der Waals surface area contributed by atoms with Gasteiger partial charge in [-0.25, -0.2) is 4.39 Å². The number of rotatable bonds is 12. The highest BCUT2D eigenvalue weighted by Crippen LogP contribution is 2.27. The molecule has 1 saturated carbocycles. The molecule has 11 heteroatoms. The molecule has 1 aliphatic carbocycles. The van der Waals surface area contributed by atoms with Crippen LogP contribution in [0.5, 0.6) is 0 Å². The van der Waals surface area contributed by atoms with Crippen LogP contribution in [0.3, 0.4) is 0 Å². The van der Waals surface area contributed by atoms with E-state index in [1.54, 1.807) is 21.9 Å². The fourth-order valence-electron chi connectivity index (χ4n) is 6.45. The molecule has 10 nitrogen and oxygen atoms in total. The zero-order valence-electron chi connectivity index (χ0n) is 24.9. The van der Waals surface area contributed by atoms with Gasteiger partial charge in [0.15, 0.2) is 0 Å². The Morgan fingerprint density at radius 2 is 1.57 bits per heavy atom. The van der Waals surface area contributed by atoms with Crippen LogP contribution >= 0.6 is 0 Å². The Kier molecular flexibility index (Phi) is 12.1. The van der Waals surface area contributed by atoms with Gasteiger partial charge < -0.3 is 25.3 Å². The lowest BCUT2D eigenvalue weighted by Gasteiger charge is -2.39. The van der Waals surface area contributed by atoms with Gasteiger partial charge in [0.2, 0.25) is 18.2 Å². The van der Waals surface area contributed by atoms with Crippen LogP contribution in [-0.2, 0) is 14.4 Å². The molecule has 2 aliphatic heterocycles. The Morgan fingerprint density at radius 1 is 0.929 bits per heavy atom. The van der Waals surface area contributed by atoms with Crippen LogP contribution in [0.4, 0.5) is 4.39 Å². The third-order valence-electron chi connectivity index (χ3n) is 9.00. The van der Waals surface area contributed by atoms with Crippen molar-refractivity contribution in [1.29, 1.82) is 0 Å². The van der Waals surface area contributed by atoms with Crippen LogP contribution in [0.1, 0.15) is 55.8 Å². The number of amides is 4. The minimum Gasteiger partial charge on any atom is -0.347 e. The molecular formula is C31H47FN6O4. The fraction of sp³-hybridized carbons (Fsp3) is 0.677. The maximum absolute atomic E-state index is 14.0. The minimum absolute atomic E-state index is 0.0111. The number of carbonyl (C=O) groups excluding carboxylic acids is 4. The fourth-order valence-corrected chi connectivity index (χ4v) is 6.45. The molecule has 1 aromatic rings. The molecule has 3 aliphatic rings. The molecule has 2 N–H and O–H groups in total. The number of carbonyl (C=O) groups is 4. The van der Waals surface area contributed by atoms with Crippen molar-refractivity contribution in [2.45, 2.75) is 51.5 Å². The molecule has 0 aromatic heterocycles. The van der Waals surface area contributed by atoms with Gasteiger partial charge in [-0.15, -0.1) is 0 Å². The van der Waals surface area contributed by atoms with E-state index in [-0.39, 0.29) is 35.7 Å². The van der Waals surface area contributed by atoms with Crippen LogP contribution in [0.2, 0.25) is 0 Å². The lowest BCUT2D eigenvalue weighted by atomic mass is 9.83. The molecular weight excluding hydrogens is 539 g/mol. The molecule has 0 bridgehead atoms. The van der Waals surface area contributed by atoms with Crippen molar-refractivity contribution in [3.8, 4) is 0 Å². The van der Waals surface area contributed by atoms with Crippen LogP contribution < -0.4 is 10.6 Å². The highest BCUT2D eigenvalue weighted by molar-refractivity contribution is 5.94. The van der Waals surface area contributed by atoms with Gasteiger partial charge in [-0.2, -0.15) is 0 Å². The number of hydrogen-bond acceptors (Lipinski definition) is 6. The van der Waals surface area contributed by atoms with E-state index in [1.165, 1.54) is 18.6 Å². The SMILES string of the molecule is CC(CCNCC(=O)N1CCN(C(=O)c2ccccc2F)CC1)CN1CCN(C(=O)C(NC=O)C2CCCCC2)CC1. The van der Waals surface area contributed by atoms with Crippen molar-refractivity contribution in [1.82, 2.24) is 30.2 Å². The monoisotopic (exact) mass is 586 g/mol. The van der Waals surface area contributed by atoms with Gasteiger partial charge in [0.05, 0.1) is 12.1 Å². The highest BCUT2D eigenvalue weighted by Gasteiger charge is 2.34. The van der Waals surface area contributed by atoms with Crippen LogP contribution in [0, 0.1) is 17.7 Å². The Labute approximate surface area is 248 Å². The number of nitrogens with zero attached hydrogens (tertiary/aromatic N) is 4. The lowest BCUT2D eigenvalue weighted by Crippen LogP contribution is -2.56. The summed E-state index contributed by atoms with van der Waals surface area (Å²) in [7, 11) is 0. The predicted octanol–water partition coefficient (Wildman–Crippen LogP) is 1.57. The number of hydrogen-bond donors (Lipinski definition) is 2. The number of benzene rings is 1. The van der Waals surface area contributed by atoms with E-state index in [4.69, 9.17) is 0 Å². The number of halogens is 1. The first-order valence-corrected chi connectivity index (χ1v) is 15.6. The molecule has 2 saturated heterocycles. The molecule has 4 amide bonds. The first kappa shape index (κ1) is 31.9. The second-order valence-corrected chi connectivity index (χ2v) is 12.0. The summed E-state index contributed by atoms with van der Waals surface area (Å²) in [6, 6.07) is 5.59. The normalized spacial score (nSPS) is 20.2. The summed E-state index contributed by atoms with van der Waals surface area (Å²) >= 11 is 0. The standard InChI is InChI=1S/C31H47FN6O4/c1-24(22-35-13-15-38(16-14-35)31(42)29(34-23-39)25-7-3-2-4-8-25)11-12-33-21-28(40)36-17-19-37(20-18-36)30(41)26-9-5-6-10-27(26)32/h5-6,9-10,23-25,29,33H,2-4,7-8,11-22H2,1H3,(H,34,39). The van der Waals surface area contributed by atoms with E-state index in [0.29, 0.717) is 51.6 Å². The molecule has 2 atom stereocenters. The first-order chi connectivity index (χ1) is 20.4. The molecule has 0 spiro atoms. The second-order valence-electron chi connectivity index (χ2n) is 12.0. The van der Waals surface area contributed by atoms with Crippen molar-refractivity contribution in [3.63, 3.8) is 0 Å². The molecule has 2 heterocycles. The summed E-state index contributed by atoms with van der Waals surface area (Å²) in [5, 5.41) is 6.08. The predicted molar refractivity (Wildman–Crippen MR) is 158 cm³/mol. The average Bonchev–Trinajstić information content (AvgIpc) is 3.02. The van der Waals surface area contributed by atoms with Crippen molar-refractivity contribution in [3.05, 3.63) is 35.6 Å². The molecule has 0 radical (unpaired) electrons. The van der Waals surface area contributed by atoms with E-state index in [0.717, 1.165) is 58.3 Å². The summed E-state index contributed by atoms with van der Waals surface area (Å²) in [6.45, 7) is 8.82. The smallest absolute Gasteiger partial charge is 0.256 e. The van der Waals surface area contributed by atoms with Crippen LogP contribution in [0.25, 0.3) is 0 Å². The molecule has 1 aromatic carbocycles. The Balaban J connectivity index is 1.09. The van der Waals surface area contributed by atoms with Gasteiger partial charge in [0.25, 0.3) is 5.91 Å². The Hall–Kier alpha value is -3.05. The third kappa shape index (κ3) is 8.73. The van der Waals surface area contributed by atoms with Crippen molar-refractivity contribution in [2.24, 2.45) is 11.8 Å². The van der Waals surface area contributed by atoms with Crippen molar-refractivity contribution >= 4 is 24.1 Å². The number of nitrogens with one attached hydrogen (secondary N) is 2. The van der Waals surface area contributed by atoms with Crippen LogP contribution in [-0.4, -0.2) is 122 Å². The largest absolute Gasteiger partial charge is 0.347 e. The number of piperazine rings is 2. The van der Waals surface area contributed by atoms with Gasteiger partial charge in [-0.1, -0.05) is 38.3 Å². The van der Waals surface area contributed by atoms with Crippen molar-refractivity contribution in [2.75, 3.05) is 72.0 Å². The molecule has 4 rings (SSSR count).